The van der Waals surface area contributed by atoms with Crippen LogP contribution in [0.3, 0.4) is 0 Å². The van der Waals surface area contributed by atoms with Crippen molar-refractivity contribution in [3.8, 4) is 0 Å². The van der Waals surface area contributed by atoms with E-state index in [1.54, 1.807) is 0 Å². The zero-order valence-corrected chi connectivity index (χ0v) is 10.0. The van der Waals surface area contributed by atoms with Crippen LogP contribution in [0, 0.1) is 0 Å². The van der Waals surface area contributed by atoms with Gasteiger partial charge in [0, 0.05) is 25.1 Å². The first kappa shape index (κ1) is 12.5. The molecule has 0 N–H and O–H groups in total. The minimum atomic E-state index is 0.170. The maximum absolute atomic E-state index is 11.7. The van der Waals surface area contributed by atoms with Gasteiger partial charge in [0.05, 0.1) is 0 Å². The molecule has 0 spiro atoms. The number of carbonyl (C=O) groups is 1. The van der Waals surface area contributed by atoms with Gasteiger partial charge >= 0.3 is 0 Å². The second kappa shape index (κ2) is 6.83. The van der Waals surface area contributed by atoms with E-state index < -0.39 is 0 Å². The van der Waals surface area contributed by atoms with E-state index in [9.17, 15) is 4.79 Å². The smallest absolute Gasteiger partial charge is 0.166 e. The van der Waals surface area contributed by atoms with Gasteiger partial charge in [0.2, 0.25) is 0 Å². The highest BCUT2D eigenvalue weighted by Crippen LogP contribution is 2.03. The van der Waals surface area contributed by atoms with Gasteiger partial charge in [-0.15, -0.1) is 0 Å². The molecule has 0 atom stereocenters. The highest BCUT2D eigenvalue weighted by molar-refractivity contribution is 5.96. The van der Waals surface area contributed by atoms with E-state index in [1.165, 1.54) is 0 Å². The lowest BCUT2D eigenvalue weighted by Crippen LogP contribution is -2.15. The Morgan fingerprint density at radius 2 is 1.81 bits per heavy atom. The summed E-state index contributed by atoms with van der Waals surface area (Å²) in [5.41, 5.74) is 0.784. The zero-order valence-electron chi connectivity index (χ0n) is 10.0. The molecule has 0 saturated carbocycles. The van der Waals surface area contributed by atoms with Crippen LogP contribution in [0.15, 0.2) is 42.6 Å². The Kier molecular flexibility index (Phi) is 5.34. The minimum absolute atomic E-state index is 0.170. The predicted molar refractivity (Wildman–Crippen MR) is 67.5 cm³/mol. The highest BCUT2D eigenvalue weighted by Gasteiger charge is 2.01. The second-order valence-corrected chi connectivity index (χ2v) is 3.60. The van der Waals surface area contributed by atoms with Crippen LogP contribution in [0.25, 0.3) is 0 Å². The summed E-state index contributed by atoms with van der Waals surface area (Å²) < 4.78 is 0. The molecule has 0 radical (unpaired) electrons. The van der Waals surface area contributed by atoms with Gasteiger partial charge in [-0.3, -0.25) is 4.79 Å². The summed E-state index contributed by atoms with van der Waals surface area (Å²) in [6.45, 7) is 6.17. The number of rotatable bonds is 6. The molecule has 0 bridgehead atoms. The van der Waals surface area contributed by atoms with Crippen molar-refractivity contribution in [1.29, 1.82) is 0 Å². The summed E-state index contributed by atoms with van der Waals surface area (Å²) in [5, 5.41) is 0. The van der Waals surface area contributed by atoms with Crippen LogP contribution >= 0.6 is 0 Å². The minimum Gasteiger partial charge on any atom is -0.378 e. The number of Topliss-reactive ketones (excluding diaryl/α,β-unsaturated/α-hetero) is 1. The van der Waals surface area contributed by atoms with E-state index >= 15 is 0 Å². The molecule has 0 fully saturated rings. The molecule has 2 heteroatoms. The van der Waals surface area contributed by atoms with E-state index in [0.29, 0.717) is 6.42 Å². The Morgan fingerprint density at radius 3 is 2.38 bits per heavy atom. The van der Waals surface area contributed by atoms with Crippen molar-refractivity contribution in [3.05, 3.63) is 48.2 Å². The van der Waals surface area contributed by atoms with Crippen molar-refractivity contribution in [1.82, 2.24) is 4.90 Å². The number of benzene rings is 1. The van der Waals surface area contributed by atoms with Gasteiger partial charge in [-0.2, -0.15) is 0 Å². The molecule has 0 saturated heterocycles. The molecule has 86 valence electrons. The lowest BCUT2D eigenvalue weighted by Gasteiger charge is -2.14. The summed E-state index contributed by atoms with van der Waals surface area (Å²) in [5.74, 6) is 0.170. The lowest BCUT2D eigenvalue weighted by molar-refractivity contribution is 0.0995. The largest absolute Gasteiger partial charge is 0.378 e. The Labute approximate surface area is 97.6 Å². The normalized spacial score (nSPS) is 10.6. The lowest BCUT2D eigenvalue weighted by atomic mass is 10.1. The van der Waals surface area contributed by atoms with Gasteiger partial charge in [-0.25, -0.2) is 0 Å². The highest BCUT2D eigenvalue weighted by atomic mass is 16.1. The van der Waals surface area contributed by atoms with E-state index in [-0.39, 0.29) is 5.78 Å². The molecule has 0 heterocycles. The standard InChI is InChI=1S/C14H19NO/c1-3-15(4-2)12-8-11-14(16)13-9-6-5-7-10-13/h5-10,12H,3-4,11H2,1-2H3. The van der Waals surface area contributed by atoms with E-state index in [2.05, 4.69) is 18.7 Å². The van der Waals surface area contributed by atoms with Crippen LogP contribution in [-0.2, 0) is 0 Å². The van der Waals surface area contributed by atoms with Crippen LogP contribution in [0.5, 0.6) is 0 Å². The van der Waals surface area contributed by atoms with Gasteiger partial charge in [0.1, 0.15) is 0 Å². The molecule has 0 aromatic heterocycles. The molecule has 0 amide bonds. The van der Waals surface area contributed by atoms with E-state index in [1.807, 2.05) is 42.6 Å². The van der Waals surface area contributed by atoms with Gasteiger partial charge in [-0.05, 0) is 20.0 Å². The van der Waals surface area contributed by atoms with Crippen molar-refractivity contribution < 1.29 is 4.79 Å². The van der Waals surface area contributed by atoms with Crippen molar-refractivity contribution in [2.24, 2.45) is 0 Å². The summed E-state index contributed by atoms with van der Waals surface area (Å²) in [6.07, 6.45) is 4.41. The number of hydrogen-bond acceptors (Lipinski definition) is 2. The molecule has 1 aromatic carbocycles. The summed E-state index contributed by atoms with van der Waals surface area (Å²) >= 11 is 0. The fraction of sp³-hybridized carbons (Fsp3) is 0.357. The van der Waals surface area contributed by atoms with Crippen LogP contribution < -0.4 is 0 Å². The quantitative estimate of drug-likeness (QED) is 0.682. The zero-order chi connectivity index (χ0) is 11.8. The fourth-order valence-electron chi connectivity index (χ4n) is 1.49. The molecular formula is C14H19NO. The van der Waals surface area contributed by atoms with Gasteiger partial charge in [-0.1, -0.05) is 36.4 Å². The third-order valence-electron chi connectivity index (χ3n) is 2.53. The monoisotopic (exact) mass is 217 g/mol. The maximum atomic E-state index is 11.7. The average molecular weight is 217 g/mol. The third-order valence-corrected chi connectivity index (χ3v) is 2.53. The summed E-state index contributed by atoms with van der Waals surface area (Å²) in [7, 11) is 0. The molecule has 0 aliphatic carbocycles. The summed E-state index contributed by atoms with van der Waals surface area (Å²) in [6, 6.07) is 9.41. The first-order chi connectivity index (χ1) is 7.77. The Bertz CT molecular complexity index is 339. The van der Waals surface area contributed by atoms with Crippen LogP contribution in [0.4, 0.5) is 0 Å². The molecule has 1 aromatic rings. The van der Waals surface area contributed by atoms with Crippen molar-refractivity contribution >= 4 is 5.78 Å². The van der Waals surface area contributed by atoms with Crippen LogP contribution in [-0.4, -0.2) is 23.8 Å². The number of hydrogen-bond donors (Lipinski definition) is 0. The second-order valence-electron chi connectivity index (χ2n) is 3.60. The van der Waals surface area contributed by atoms with Crippen molar-refractivity contribution in [3.63, 3.8) is 0 Å². The van der Waals surface area contributed by atoms with E-state index in [0.717, 1.165) is 18.7 Å². The molecule has 1 rings (SSSR count). The van der Waals surface area contributed by atoms with Gasteiger partial charge < -0.3 is 4.90 Å². The Morgan fingerprint density at radius 1 is 1.19 bits per heavy atom. The van der Waals surface area contributed by atoms with Crippen molar-refractivity contribution in [2.75, 3.05) is 13.1 Å². The number of allylic oxidation sites excluding steroid dienone is 1. The van der Waals surface area contributed by atoms with Crippen LogP contribution in [0.1, 0.15) is 30.6 Å². The van der Waals surface area contributed by atoms with Gasteiger partial charge in [0.15, 0.2) is 5.78 Å². The Hall–Kier alpha value is -1.57. The number of nitrogens with zero attached hydrogens (tertiary/aromatic N) is 1. The summed E-state index contributed by atoms with van der Waals surface area (Å²) in [4.78, 5) is 13.9. The molecule has 2 nitrogen and oxygen atoms in total. The first-order valence-electron chi connectivity index (χ1n) is 5.76. The topological polar surface area (TPSA) is 20.3 Å². The third kappa shape index (κ3) is 3.89. The SMILES string of the molecule is CCN(C=CCC(=O)c1ccccc1)CC. The number of carbonyl (C=O) groups excluding carboxylic acids is 1. The molecule has 16 heavy (non-hydrogen) atoms. The molecular weight excluding hydrogens is 198 g/mol. The van der Waals surface area contributed by atoms with Gasteiger partial charge in [0.25, 0.3) is 0 Å². The van der Waals surface area contributed by atoms with E-state index in [4.69, 9.17) is 0 Å². The molecule has 0 aliphatic rings. The maximum Gasteiger partial charge on any atom is 0.166 e. The predicted octanol–water partition coefficient (Wildman–Crippen LogP) is 3.11. The average Bonchev–Trinajstić information content (AvgIpc) is 2.35. The number of ketones is 1. The van der Waals surface area contributed by atoms with Crippen molar-refractivity contribution in [2.45, 2.75) is 20.3 Å². The molecule has 0 unspecified atom stereocenters. The fourth-order valence-corrected chi connectivity index (χ4v) is 1.49. The Balaban J connectivity index is 2.47. The first-order valence-corrected chi connectivity index (χ1v) is 5.76. The van der Waals surface area contributed by atoms with Crippen LogP contribution in [0.2, 0.25) is 0 Å². The molecule has 0 aliphatic heterocycles.